The fourth-order valence-corrected chi connectivity index (χ4v) is 3.96. The van der Waals surface area contributed by atoms with Crippen molar-refractivity contribution in [2.45, 2.75) is 25.5 Å². The van der Waals surface area contributed by atoms with Gasteiger partial charge in [-0.1, -0.05) is 0 Å². The molecule has 0 saturated carbocycles. The van der Waals surface area contributed by atoms with Crippen LogP contribution in [0.5, 0.6) is 11.5 Å². The van der Waals surface area contributed by atoms with E-state index < -0.39 is 6.10 Å². The zero-order chi connectivity index (χ0) is 20.8. The third-order valence-electron chi connectivity index (χ3n) is 5.62. The van der Waals surface area contributed by atoms with E-state index >= 15 is 0 Å². The molecule has 7 heteroatoms. The van der Waals surface area contributed by atoms with Crippen molar-refractivity contribution in [2.75, 3.05) is 33.4 Å². The molecule has 1 fully saturated rings. The largest absolute Gasteiger partial charge is 0.497 e. The molecule has 1 saturated heterocycles. The van der Waals surface area contributed by atoms with Crippen molar-refractivity contribution in [1.29, 1.82) is 0 Å². The Morgan fingerprint density at radius 3 is 2.73 bits per heavy atom. The maximum absolute atomic E-state index is 10.5. The molecule has 1 atom stereocenters. The Morgan fingerprint density at radius 2 is 2.03 bits per heavy atom. The molecule has 3 aromatic rings. The molecule has 2 aromatic heterocycles. The van der Waals surface area contributed by atoms with Gasteiger partial charge in [-0.2, -0.15) is 0 Å². The maximum Gasteiger partial charge on any atom is 0.123 e. The SMILES string of the molecule is COc1cc(OCC(O)CN2CCC(Cn3ccnc3)CC2)cc(-c2ccoc2)c1. The minimum absolute atomic E-state index is 0.243. The number of hydrogen-bond acceptors (Lipinski definition) is 6. The minimum atomic E-state index is -0.543. The first-order valence-corrected chi connectivity index (χ1v) is 10.4. The van der Waals surface area contributed by atoms with Crippen molar-refractivity contribution in [3.05, 3.63) is 55.5 Å². The van der Waals surface area contributed by atoms with Crippen LogP contribution in [0.3, 0.4) is 0 Å². The molecule has 160 valence electrons. The molecular weight excluding hydrogens is 382 g/mol. The molecule has 0 radical (unpaired) electrons. The van der Waals surface area contributed by atoms with Crippen molar-refractivity contribution in [1.82, 2.24) is 14.5 Å². The Bertz CT molecular complexity index is 887. The van der Waals surface area contributed by atoms with E-state index in [9.17, 15) is 5.11 Å². The van der Waals surface area contributed by atoms with Crippen LogP contribution in [0.4, 0.5) is 0 Å². The highest BCUT2D eigenvalue weighted by molar-refractivity contribution is 5.66. The summed E-state index contributed by atoms with van der Waals surface area (Å²) in [5.41, 5.74) is 1.91. The average molecular weight is 412 g/mol. The predicted molar refractivity (Wildman–Crippen MR) is 114 cm³/mol. The number of piperidine rings is 1. The fraction of sp³-hybridized carbons (Fsp3) is 0.435. The number of aromatic nitrogens is 2. The van der Waals surface area contributed by atoms with Crippen LogP contribution in [0.1, 0.15) is 12.8 Å². The lowest BCUT2D eigenvalue weighted by Crippen LogP contribution is -2.41. The Morgan fingerprint density at radius 1 is 1.20 bits per heavy atom. The van der Waals surface area contributed by atoms with Gasteiger partial charge in [0, 0.05) is 37.1 Å². The van der Waals surface area contributed by atoms with Crippen LogP contribution in [0, 0.1) is 5.92 Å². The molecule has 3 heterocycles. The standard InChI is InChI=1S/C23H29N3O4/c1-28-22-10-20(19-4-9-29-15-19)11-23(12-22)30-16-21(27)14-25-6-2-18(3-7-25)13-26-8-5-24-17-26/h4-5,8-12,15,17-18,21,27H,2-3,6-7,13-14,16H2,1H3. The number of benzene rings is 1. The normalized spacial score (nSPS) is 16.5. The minimum Gasteiger partial charge on any atom is -0.497 e. The molecule has 0 aliphatic carbocycles. The molecule has 1 aliphatic rings. The Kier molecular flexibility index (Phi) is 6.71. The van der Waals surface area contributed by atoms with E-state index in [-0.39, 0.29) is 6.61 Å². The van der Waals surface area contributed by atoms with Crippen LogP contribution in [0.2, 0.25) is 0 Å². The number of hydrogen-bond donors (Lipinski definition) is 1. The summed E-state index contributed by atoms with van der Waals surface area (Å²) in [4.78, 5) is 6.43. The lowest BCUT2D eigenvalue weighted by Gasteiger charge is -2.33. The van der Waals surface area contributed by atoms with E-state index in [4.69, 9.17) is 13.9 Å². The van der Waals surface area contributed by atoms with Crippen LogP contribution in [0.25, 0.3) is 11.1 Å². The smallest absolute Gasteiger partial charge is 0.123 e. The number of aliphatic hydroxyl groups is 1. The number of nitrogens with zero attached hydrogens (tertiary/aromatic N) is 3. The number of methoxy groups -OCH3 is 1. The Hall–Kier alpha value is -2.77. The van der Waals surface area contributed by atoms with Crippen LogP contribution < -0.4 is 9.47 Å². The highest BCUT2D eigenvalue weighted by atomic mass is 16.5. The van der Waals surface area contributed by atoms with E-state index in [1.165, 1.54) is 0 Å². The number of β-amino-alcohol motifs (C(OH)–C–C–N with tert-alkyl or cyclic N) is 1. The number of imidazole rings is 1. The monoisotopic (exact) mass is 411 g/mol. The third kappa shape index (κ3) is 5.43. The van der Waals surface area contributed by atoms with E-state index in [1.54, 1.807) is 19.6 Å². The van der Waals surface area contributed by atoms with Gasteiger partial charge in [0.25, 0.3) is 0 Å². The van der Waals surface area contributed by atoms with Gasteiger partial charge in [0.05, 0.1) is 26.0 Å². The highest BCUT2D eigenvalue weighted by Crippen LogP contribution is 2.30. The van der Waals surface area contributed by atoms with Gasteiger partial charge in [0.1, 0.15) is 24.2 Å². The lowest BCUT2D eigenvalue weighted by molar-refractivity contribution is 0.0536. The molecule has 1 aliphatic heterocycles. The summed E-state index contributed by atoms with van der Waals surface area (Å²) in [5, 5.41) is 10.5. The second-order valence-electron chi connectivity index (χ2n) is 7.88. The van der Waals surface area contributed by atoms with Gasteiger partial charge < -0.3 is 28.5 Å². The molecule has 1 N–H and O–H groups in total. The summed E-state index contributed by atoms with van der Waals surface area (Å²) in [7, 11) is 1.63. The molecule has 0 amide bonds. The summed E-state index contributed by atoms with van der Waals surface area (Å²) in [6, 6.07) is 7.59. The van der Waals surface area contributed by atoms with Crippen molar-refractivity contribution >= 4 is 0 Å². The molecule has 0 spiro atoms. The molecule has 30 heavy (non-hydrogen) atoms. The van der Waals surface area contributed by atoms with Crippen LogP contribution in [-0.2, 0) is 6.54 Å². The molecule has 0 bridgehead atoms. The predicted octanol–water partition coefficient (Wildman–Crippen LogP) is 3.30. The first-order chi connectivity index (χ1) is 14.7. The van der Waals surface area contributed by atoms with Crippen LogP contribution in [0.15, 0.2) is 59.9 Å². The Balaban J connectivity index is 1.25. The summed E-state index contributed by atoms with van der Waals surface area (Å²) in [6.45, 7) is 3.89. The number of ether oxygens (including phenoxy) is 2. The first kappa shape index (κ1) is 20.5. The summed E-state index contributed by atoms with van der Waals surface area (Å²) in [6.07, 6.45) is 10.8. The van der Waals surface area contributed by atoms with Gasteiger partial charge in [0.2, 0.25) is 0 Å². The van der Waals surface area contributed by atoms with Crippen LogP contribution in [-0.4, -0.2) is 59.0 Å². The second-order valence-corrected chi connectivity index (χ2v) is 7.88. The molecular formula is C23H29N3O4. The molecule has 7 nitrogen and oxygen atoms in total. The van der Waals surface area contributed by atoms with E-state index in [1.807, 2.05) is 43.0 Å². The van der Waals surface area contributed by atoms with Gasteiger partial charge >= 0.3 is 0 Å². The number of likely N-dealkylation sites (tertiary alicyclic amines) is 1. The number of aliphatic hydroxyl groups excluding tert-OH is 1. The fourth-order valence-electron chi connectivity index (χ4n) is 3.96. The second kappa shape index (κ2) is 9.82. The van der Waals surface area contributed by atoms with Gasteiger partial charge in [-0.15, -0.1) is 0 Å². The van der Waals surface area contributed by atoms with Crippen LogP contribution >= 0.6 is 0 Å². The number of furan rings is 1. The van der Waals surface area contributed by atoms with Gasteiger partial charge in [-0.3, -0.25) is 0 Å². The molecule has 1 unspecified atom stereocenters. The topological polar surface area (TPSA) is 72.9 Å². The summed E-state index contributed by atoms with van der Waals surface area (Å²) in [5.74, 6) is 2.05. The van der Waals surface area contributed by atoms with E-state index in [0.29, 0.717) is 24.0 Å². The van der Waals surface area contributed by atoms with E-state index in [2.05, 4.69) is 14.5 Å². The summed E-state index contributed by atoms with van der Waals surface area (Å²) >= 11 is 0. The quantitative estimate of drug-likeness (QED) is 0.582. The van der Waals surface area contributed by atoms with Crippen molar-refractivity contribution in [2.24, 2.45) is 5.92 Å². The average Bonchev–Trinajstić information content (AvgIpc) is 3.48. The van der Waals surface area contributed by atoms with Gasteiger partial charge in [0.15, 0.2) is 0 Å². The van der Waals surface area contributed by atoms with Gasteiger partial charge in [-0.25, -0.2) is 4.98 Å². The number of rotatable bonds is 9. The first-order valence-electron chi connectivity index (χ1n) is 10.4. The van der Waals surface area contributed by atoms with E-state index in [0.717, 1.165) is 43.6 Å². The van der Waals surface area contributed by atoms with Crippen molar-refractivity contribution < 1.29 is 19.0 Å². The molecule has 1 aromatic carbocycles. The third-order valence-corrected chi connectivity index (χ3v) is 5.62. The summed E-state index contributed by atoms with van der Waals surface area (Å²) < 4.78 is 18.6. The zero-order valence-electron chi connectivity index (χ0n) is 17.3. The highest BCUT2D eigenvalue weighted by Gasteiger charge is 2.21. The molecule has 4 rings (SSSR count). The Labute approximate surface area is 176 Å². The van der Waals surface area contributed by atoms with Gasteiger partial charge in [-0.05, 0) is 55.6 Å². The lowest BCUT2D eigenvalue weighted by atomic mass is 9.96. The zero-order valence-corrected chi connectivity index (χ0v) is 17.3. The van der Waals surface area contributed by atoms with Crippen molar-refractivity contribution in [3.63, 3.8) is 0 Å². The maximum atomic E-state index is 10.5. The van der Waals surface area contributed by atoms with Crippen molar-refractivity contribution in [3.8, 4) is 22.6 Å².